The van der Waals surface area contributed by atoms with Gasteiger partial charge in [0.2, 0.25) is 6.10 Å². The van der Waals surface area contributed by atoms with E-state index in [0.29, 0.717) is 41.8 Å². The lowest BCUT2D eigenvalue weighted by molar-refractivity contribution is -0.151. The number of hydrogen-bond donors (Lipinski definition) is 1. The fourth-order valence-corrected chi connectivity index (χ4v) is 2.70. The normalized spacial score (nSPS) is 21.6. The van der Waals surface area contributed by atoms with Gasteiger partial charge in [-0.3, -0.25) is 0 Å². The summed E-state index contributed by atoms with van der Waals surface area (Å²) in [6.07, 6.45) is -1.90. The van der Waals surface area contributed by atoms with E-state index in [-0.39, 0.29) is 0 Å². The summed E-state index contributed by atoms with van der Waals surface area (Å²) in [5.41, 5.74) is 0.663. The van der Waals surface area contributed by atoms with E-state index in [1.165, 1.54) is 0 Å². The van der Waals surface area contributed by atoms with Gasteiger partial charge in [0.25, 0.3) is 0 Å². The van der Waals surface area contributed by atoms with E-state index in [4.69, 9.17) is 18.9 Å². The third kappa shape index (κ3) is 2.42. The van der Waals surface area contributed by atoms with Crippen LogP contribution in [-0.4, -0.2) is 30.4 Å². The van der Waals surface area contributed by atoms with Gasteiger partial charge in [-0.1, -0.05) is 18.2 Å². The second-order valence-electron chi connectivity index (χ2n) is 5.26. The maximum absolute atomic E-state index is 11.6. The molecule has 2 aromatic carbocycles. The molecule has 0 bridgehead atoms. The summed E-state index contributed by atoms with van der Waals surface area (Å²) in [6, 6.07) is 12.3. The third-order valence-electron chi connectivity index (χ3n) is 3.77. The number of para-hydroxylation sites is 2. The first-order chi connectivity index (χ1) is 11.2. The minimum Gasteiger partial charge on any atom is -0.486 e. The monoisotopic (exact) mass is 314 g/mol. The Labute approximate surface area is 132 Å². The van der Waals surface area contributed by atoms with Gasteiger partial charge in [0.1, 0.15) is 13.2 Å². The second-order valence-corrected chi connectivity index (χ2v) is 5.26. The van der Waals surface area contributed by atoms with Gasteiger partial charge in [-0.15, -0.1) is 0 Å². The number of benzene rings is 2. The van der Waals surface area contributed by atoms with Crippen molar-refractivity contribution < 1.29 is 28.8 Å². The van der Waals surface area contributed by atoms with Crippen LogP contribution in [0.15, 0.2) is 42.5 Å². The van der Waals surface area contributed by atoms with Gasteiger partial charge in [0, 0.05) is 5.56 Å². The molecule has 0 radical (unpaired) electrons. The molecule has 2 aliphatic rings. The van der Waals surface area contributed by atoms with Crippen LogP contribution in [0.3, 0.4) is 0 Å². The van der Waals surface area contributed by atoms with Gasteiger partial charge in [-0.2, -0.15) is 0 Å². The molecule has 2 heterocycles. The summed E-state index contributed by atoms with van der Waals surface area (Å²) < 4.78 is 22.5. The van der Waals surface area contributed by atoms with Crippen LogP contribution in [0.2, 0.25) is 0 Å². The zero-order chi connectivity index (χ0) is 15.8. The van der Waals surface area contributed by atoms with E-state index in [2.05, 4.69) is 0 Å². The molecular weight excluding hydrogens is 300 g/mol. The minimum absolute atomic E-state index is 0.425. The highest BCUT2D eigenvalue weighted by molar-refractivity contribution is 5.75. The van der Waals surface area contributed by atoms with Crippen LogP contribution in [0.5, 0.6) is 23.0 Å². The molecule has 0 saturated carbocycles. The number of carboxylic acids is 1. The highest BCUT2D eigenvalue weighted by Gasteiger charge is 2.38. The van der Waals surface area contributed by atoms with Crippen molar-refractivity contribution in [3.63, 3.8) is 0 Å². The van der Waals surface area contributed by atoms with Crippen LogP contribution in [0.25, 0.3) is 0 Å². The van der Waals surface area contributed by atoms with Gasteiger partial charge in [-0.25, -0.2) is 4.79 Å². The van der Waals surface area contributed by atoms with Gasteiger partial charge in [0.15, 0.2) is 29.1 Å². The fraction of sp³-hybridized carbons (Fsp3) is 0.235. The van der Waals surface area contributed by atoms with Crippen molar-refractivity contribution in [2.45, 2.75) is 12.2 Å². The van der Waals surface area contributed by atoms with Crippen LogP contribution in [-0.2, 0) is 4.79 Å². The summed E-state index contributed by atoms with van der Waals surface area (Å²) >= 11 is 0. The first-order valence-corrected chi connectivity index (χ1v) is 7.27. The molecule has 4 rings (SSSR count). The lowest BCUT2D eigenvalue weighted by atomic mass is 10.0. The van der Waals surface area contributed by atoms with Gasteiger partial charge in [-0.05, 0) is 24.3 Å². The maximum Gasteiger partial charge on any atom is 0.349 e. The fourth-order valence-electron chi connectivity index (χ4n) is 2.70. The lowest BCUT2D eigenvalue weighted by Gasteiger charge is -2.32. The molecule has 0 saturated heterocycles. The molecule has 6 nitrogen and oxygen atoms in total. The van der Waals surface area contributed by atoms with Crippen molar-refractivity contribution in [1.82, 2.24) is 0 Å². The Morgan fingerprint density at radius 1 is 0.913 bits per heavy atom. The Morgan fingerprint density at radius 3 is 2.35 bits per heavy atom. The molecule has 118 valence electrons. The van der Waals surface area contributed by atoms with Crippen molar-refractivity contribution in [1.29, 1.82) is 0 Å². The quantitative estimate of drug-likeness (QED) is 0.917. The standard InChI is InChI=1S/C17H14O6/c18-17(19)16-15(22-12-3-1-2-4-13(12)23-16)10-5-6-11-14(9-10)21-8-7-20-11/h1-6,9,15-16H,7-8H2,(H,18,19). The number of fused-ring (bicyclic) bond motifs is 2. The smallest absolute Gasteiger partial charge is 0.349 e. The summed E-state index contributed by atoms with van der Waals surface area (Å²) in [7, 11) is 0. The predicted molar refractivity (Wildman–Crippen MR) is 79.3 cm³/mol. The summed E-state index contributed by atoms with van der Waals surface area (Å²) in [5.74, 6) is 1.09. The lowest BCUT2D eigenvalue weighted by Crippen LogP contribution is -2.39. The molecule has 23 heavy (non-hydrogen) atoms. The van der Waals surface area contributed by atoms with Gasteiger partial charge >= 0.3 is 5.97 Å². The molecular formula is C17H14O6. The second kappa shape index (κ2) is 5.39. The number of rotatable bonds is 2. The Morgan fingerprint density at radius 2 is 1.61 bits per heavy atom. The SMILES string of the molecule is O=C(O)C1Oc2ccccc2OC1c1ccc2c(c1)OCCO2. The van der Waals surface area contributed by atoms with Gasteiger partial charge in [0.05, 0.1) is 0 Å². The van der Waals surface area contributed by atoms with E-state index >= 15 is 0 Å². The van der Waals surface area contributed by atoms with Crippen molar-refractivity contribution in [2.75, 3.05) is 13.2 Å². The van der Waals surface area contributed by atoms with Crippen molar-refractivity contribution in [2.24, 2.45) is 0 Å². The van der Waals surface area contributed by atoms with Gasteiger partial charge < -0.3 is 24.1 Å². The summed E-state index contributed by atoms with van der Waals surface area (Å²) in [4.78, 5) is 11.6. The molecule has 2 aromatic rings. The Bertz CT molecular complexity index is 756. The molecule has 0 aliphatic carbocycles. The Hall–Kier alpha value is -2.89. The van der Waals surface area contributed by atoms with E-state index < -0.39 is 18.2 Å². The van der Waals surface area contributed by atoms with Crippen LogP contribution in [0.4, 0.5) is 0 Å². The van der Waals surface area contributed by atoms with Crippen molar-refractivity contribution >= 4 is 5.97 Å². The topological polar surface area (TPSA) is 74.2 Å². The van der Waals surface area contributed by atoms with Crippen molar-refractivity contribution in [3.05, 3.63) is 48.0 Å². The molecule has 0 fully saturated rings. The number of aliphatic carboxylic acids is 1. The molecule has 2 aliphatic heterocycles. The third-order valence-corrected chi connectivity index (χ3v) is 3.77. The van der Waals surface area contributed by atoms with E-state index in [1.54, 1.807) is 36.4 Å². The number of carboxylic acid groups (broad SMARTS) is 1. The van der Waals surface area contributed by atoms with E-state index in [0.717, 1.165) is 0 Å². The van der Waals surface area contributed by atoms with Crippen LogP contribution >= 0.6 is 0 Å². The number of hydrogen-bond acceptors (Lipinski definition) is 5. The predicted octanol–water partition coefficient (Wildman–Crippen LogP) is 2.42. The van der Waals surface area contributed by atoms with Crippen LogP contribution in [0, 0.1) is 0 Å². The van der Waals surface area contributed by atoms with E-state index in [9.17, 15) is 9.90 Å². The molecule has 2 unspecified atom stereocenters. The highest BCUT2D eigenvalue weighted by atomic mass is 16.6. The van der Waals surface area contributed by atoms with Crippen LogP contribution < -0.4 is 18.9 Å². The first-order valence-electron chi connectivity index (χ1n) is 7.27. The summed E-state index contributed by atoms with van der Waals surface area (Å²) in [6.45, 7) is 0.962. The number of ether oxygens (including phenoxy) is 4. The zero-order valence-electron chi connectivity index (χ0n) is 12.1. The molecule has 1 N–H and O–H groups in total. The maximum atomic E-state index is 11.6. The first kappa shape index (κ1) is 13.8. The average Bonchev–Trinajstić information content (AvgIpc) is 2.60. The number of carbonyl (C=O) groups is 1. The van der Waals surface area contributed by atoms with Crippen LogP contribution in [0.1, 0.15) is 11.7 Å². The average molecular weight is 314 g/mol. The van der Waals surface area contributed by atoms with E-state index in [1.807, 2.05) is 6.07 Å². The van der Waals surface area contributed by atoms with Crippen molar-refractivity contribution in [3.8, 4) is 23.0 Å². The molecule has 2 atom stereocenters. The molecule has 0 aromatic heterocycles. The minimum atomic E-state index is -1.13. The zero-order valence-corrected chi connectivity index (χ0v) is 12.1. The molecule has 0 spiro atoms. The Kier molecular flexibility index (Phi) is 3.22. The Balaban J connectivity index is 1.72. The summed E-state index contributed by atoms with van der Waals surface area (Å²) in [5, 5.41) is 9.47. The largest absolute Gasteiger partial charge is 0.486 e. The highest BCUT2D eigenvalue weighted by Crippen LogP contribution is 2.41. The molecule has 6 heteroatoms. The molecule has 0 amide bonds.